The van der Waals surface area contributed by atoms with Gasteiger partial charge in [0.2, 0.25) is 0 Å². The third kappa shape index (κ3) is 4.24. The van der Waals surface area contributed by atoms with E-state index in [1.54, 1.807) is 4.90 Å². The average Bonchev–Trinajstić information content (AvgIpc) is 2.37. The number of aryl methyl sites for hydroxylation is 1. The maximum atomic E-state index is 12.0. The summed E-state index contributed by atoms with van der Waals surface area (Å²) in [6, 6.07) is 5.93. The number of hydrogen-bond acceptors (Lipinski definition) is 2. The van der Waals surface area contributed by atoms with Crippen LogP contribution in [-0.2, 0) is 4.74 Å². The molecule has 4 heteroatoms. The van der Waals surface area contributed by atoms with Gasteiger partial charge in [0.25, 0.3) is 0 Å². The van der Waals surface area contributed by atoms with E-state index in [2.05, 4.69) is 13.0 Å². The molecule has 0 atom stereocenters. The standard InChI is InChI=1S/C17H22ClNO2/c1-12-11-14(18)5-6-15(12)13-7-9-19(10-8-13)16(20)21-17(2,3)4/h5-7,11H,8-10H2,1-4H3. The maximum absolute atomic E-state index is 12.0. The molecule has 3 nitrogen and oxygen atoms in total. The van der Waals surface area contributed by atoms with E-state index in [0.29, 0.717) is 13.1 Å². The minimum absolute atomic E-state index is 0.245. The van der Waals surface area contributed by atoms with Gasteiger partial charge in [-0.3, -0.25) is 0 Å². The lowest BCUT2D eigenvalue weighted by Crippen LogP contribution is -2.39. The van der Waals surface area contributed by atoms with Gasteiger partial charge in [0.05, 0.1) is 0 Å². The number of hydrogen-bond donors (Lipinski definition) is 0. The number of carbonyl (C=O) groups is 1. The van der Waals surface area contributed by atoms with Crippen LogP contribution in [0.15, 0.2) is 24.3 Å². The van der Waals surface area contributed by atoms with Crippen molar-refractivity contribution < 1.29 is 9.53 Å². The Balaban J connectivity index is 2.07. The molecule has 1 aliphatic heterocycles. The zero-order chi connectivity index (χ0) is 15.6. The van der Waals surface area contributed by atoms with Crippen molar-refractivity contribution in [1.29, 1.82) is 0 Å². The largest absolute Gasteiger partial charge is 0.444 e. The summed E-state index contributed by atoms with van der Waals surface area (Å²) in [5, 5.41) is 0.753. The lowest BCUT2D eigenvalue weighted by Gasteiger charge is -2.30. The molecule has 0 radical (unpaired) electrons. The van der Waals surface area contributed by atoms with Gasteiger partial charge in [-0.05, 0) is 62.9 Å². The fourth-order valence-electron chi connectivity index (χ4n) is 2.39. The molecule has 114 valence electrons. The minimum atomic E-state index is -0.451. The van der Waals surface area contributed by atoms with Crippen LogP contribution in [0, 0.1) is 6.92 Å². The lowest BCUT2D eigenvalue weighted by atomic mass is 9.96. The van der Waals surface area contributed by atoms with E-state index in [1.165, 1.54) is 16.7 Å². The highest BCUT2D eigenvalue weighted by Crippen LogP contribution is 2.27. The maximum Gasteiger partial charge on any atom is 0.410 e. The molecule has 0 spiro atoms. The molecule has 0 unspecified atom stereocenters. The summed E-state index contributed by atoms with van der Waals surface area (Å²) in [7, 11) is 0. The van der Waals surface area contributed by atoms with Gasteiger partial charge >= 0.3 is 6.09 Å². The second-order valence-corrected chi connectivity index (χ2v) is 6.80. The van der Waals surface area contributed by atoms with E-state index < -0.39 is 5.60 Å². The van der Waals surface area contributed by atoms with Crippen molar-refractivity contribution in [2.24, 2.45) is 0 Å². The van der Waals surface area contributed by atoms with E-state index in [4.69, 9.17) is 16.3 Å². The Kier molecular flexibility index (Phi) is 4.62. The monoisotopic (exact) mass is 307 g/mol. The highest BCUT2D eigenvalue weighted by Gasteiger charge is 2.24. The Morgan fingerprint density at radius 2 is 2.05 bits per heavy atom. The molecule has 0 aliphatic carbocycles. The Morgan fingerprint density at radius 1 is 1.33 bits per heavy atom. The third-order valence-corrected chi connectivity index (χ3v) is 3.63. The topological polar surface area (TPSA) is 29.5 Å². The second kappa shape index (κ2) is 6.10. The van der Waals surface area contributed by atoms with E-state index in [1.807, 2.05) is 39.0 Å². The molecule has 1 aliphatic rings. The number of halogens is 1. The van der Waals surface area contributed by atoms with Crippen LogP contribution in [0.25, 0.3) is 5.57 Å². The Bertz CT molecular complexity index is 573. The normalized spacial score (nSPS) is 15.7. The Hall–Kier alpha value is -1.48. The predicted octanol–water partition coefficient (Wildman–Crippen LogP) is 4.67. The fourth-order valence-corrected chi connectivity index (χ4v) is 2.62. The van der Waals surface area contributed by atoms with Gasteiger partial charge in [0.15, 0.2) is 0 Å². The molecule has 1 amide bonds. The molecule has 0 bridgehead atoms. The van der Waals surface area contributed by atoms with Crippen LogP contribution in [0.3, 0.4) is 0 Å². The first kappa shape index (κ1) is 15.9. The van der Waals surface area contributed by atoms with Crippen molar-refractivity contribution in [2.45, 2.75) is 39.7 Å². The van der Waals surface area contributed by atoms with Gasteiger partial charge in [0, 0.05) is 18.1 Å². The van der Waals surface area contributed by atoms with Gasteiger partial charge in [0.1, 0.15) is 5.60 Å². The van der Waals surface area contributed by atoms with Crippen molar-refractivity contribution in [2.75, 3.05) is 13.1 Å². The third-order valence-electron chi connectivity index (χ3n) is 3.40. The Morgan fingerprint density at radius 3 is 2.57 bits per heavy atom. The molecule has 0 N–H and O–H groups in total. The molecule has 0 fully saturated rings. The van der Waals surface area contributed by atoms with E-state index >= 15 is 0 Å². The molecule has 1 aromatic rings. The second-order valence-electron chi connectivity index (χ2n) is 6.36. The minimum Gasteiger partial charge on any atom is -0.444 e. The molecular formula is C17H22ClNO2. The summed E-state index contributed by atoms with van der Waals surface area (Å²) in [5.41, 5.74) is 3.19. The first-order valence-corrected chi connectivity index (χ1v) is 7.57. The van der Waals surface area contributed by atoms with Crippen molar-refractivity contribution in [1.82, 2.24) is 4.90 Å². The highest BCUT2D eigenvalue weighted by atomic mass is 35.5. The number of benzene rings is 1. The molecule has 0 saturated carbocycles. The van der Waals surface area contributed by atoms with Gasteiger partial charge in [-0.1, -0.05) is 23.7 Å². The molecular weight excluding hydrogens is 286 g/mol. The summed E-state index contributed by atoms with van der Waals surface area (Å²) < 4.78 is 5.40. The number of ether oxygens (including phenoxy) is 1. The van der Waals surface area contributed by atoms with E-state index in [-0.39, 0.29) is 6.09 Å². The molecule has 0 aromatic heterocycles. The van der Waals surface area contributed by atoms with Crippen molar-refractivity contribution in [3.63, 3.8) is 0 Å². The van der Waals surface area contributed by atoms with Crippen molar-refractivity contribution in [3.05, 3.63) is 40.4 Å². The molecule has 0 saturated heterocycles. The van der Waals surface area contributed by atoms with Crippen LogP contribution < -0.4 is 0 Å². The number of nitrogens with zero attached hydrogens (tertiary/aromatic N) is 1. The van der Waals surface area contributed by atoms with Crippen LogP contribution in [0.1, 0.15) is 38.3 Å². The van der Waals surface area contributed by atoms with Crippen LogP contribution >= 0.6 is 11.6 Å². The van der Waals surface area contributed by atoms with Gasteiger partial charge < -0.3 is 9.64 Å². The average molecular weight is 308 g/mol. The fraction of sp³-hybridized carbons (Fsp3) is 0.471. The smallest absolute Gasteiger partial charge is 0.410 e. The SMILES string of the molecule is Cc1cc(Cl)ccc1C1=CCN(C(=O)OC(C)(C)C)CC1. The van der Waals surface area contributed by atoms with Crippen molar-refractivity contribution >= 4 is 23.3 Å². The highest BCUT2D eigenvalue weighted by molar-refractivity contribution is 6.30. The number of rotatable bonds is 1. The molecule has 1 heterocycles. The lowest BCUT2D eigenvalue weighted by molar-refractivity contribution is 0.0270. The number of carbonyl (C=O) groups excluding carboxylic acids is 1. The van der Waals surface area contributed by atoms with Crippen LogP contribution in [0.4, 0.5) is 4.79 Å². The first-order chi connectivity index (χ1) is 9.76. The van der Waals surface area contributed by atoms with Crippen LogP contribution in [0.5, 0.6) is 0 Å². The van der Waals surface area contributed by atoms with Gasteiger partial charge in [-0.2, -0.15) is 0 Å². The van der Waals surface area contributed by atoms with Crippen LogP contribution in [-0.4, -0.2) is 29.7 Å². The van der Waals surface area contributed by atoms with E-state index in [9.17, 15) is 4.79 Å². The Labute approximate surface area is 131 Å². The summed E-state index contributed by atoms with van der Waals surface area (Å²) in [6.45, 7) is 8.98. The summed E-state index contributed by atoms with van der Waals surface area (Å²) in [4.78, 5) is 13.8. The molecule has 21 heavy (non-hydrogen) atoms. The van der Waals surface area contributed by atoms with Crippen LogP contribution in [0.2, 0.25) is 5.02 Å². The number of amides is 1. The van der Waals surface area contributed by atoms with Gasteiger partial charge in [-0.25, -0.2) is 4.79 Å². The first-order valence-electron chi connectivity index (χ1n) is 7.20. The molecule has 1 aromatic carbocycles. The summed E-state index contributed by atoms with van der Waals surface area (Å²) >= 11 is 5.99. The summed E-state index contributed by atoms with van der Waals surface area (Å²) in [6.07, 6.45) is 2.69. The van der Waals surface area contributed by atoms with Crippen molar-refractivity contribution in [3.8, 4) is 0 Å². The zero-order valence-corrected chi connectivity index (χ0v) is 13.8. The van der Waals surface area contributed by atoms with Gasteiger partial charge in [-0.15, -0.1) is 0 Å². The van der Waals surface area contributed by atoms with E-state index in [0.717, 1.165) is 11.4 Å². The predicted molar refractivity (Wildman–Crippen MR) is 86.6 cm³/mol. The molecule has 2 rings (SSSR count). The zero-order valence-electron chi connectivity index (χ0n) is 13.1. The summed E-state index contributed by atoms with van der Waals surface area (Å²) in [5.74, 6) is 0. The quantitative estimate of drug-likeness (QED) is 0.754.